The average molecular weight is 398 g/mol. The van der Waals surface area contributed by atoms with Gasteiger partial charge in [-0.3, -0.25) is 4.79 Å². The average Bonchev–Trinajstić information content (AvgIpc) is 3.36. The van der Waals surface area contributed by atoms with Gasteiger partial charge in [0.1, 0.15) is 24.7 Å². The molecular formula is C22H24ClN3O2. The van der Waals surface area contributed by atoms with Crippen molar-refractivity contribution in [3.63, 3.8) is 0 Å². The van der Waals surface area contributed by atoms with Gasteiger partial charge in [-0.05, 0) is 49.2 Å². The summed E-state index contributed by atoms with van der Waals surface area (Å²) in [7, 11) is 1.92. The highest BCUT2D eigenvalue weighted by Gasteiger charge is 2.24. The molecule has 0 unspecified atom stereocenters. The number of benzene rings is 2. The third kappa shape index (κ3) is 3.99. The number of hydrogen-bond donors (Lipinski definition) is 0. The molecule has 2 aromatic carbocycles. The van der Waals surface area contributed by atoms with Crippen LogP contribution in [0.15, 0.2) is 48.5 Å². The Labute approximate surface area is 169 Å². The lowest BCUT2D eigenvalue weighted by atomic mass is 10.2. The Kier molecular flexibility index (Phi) is 5.53. The minimum atomic E-state index is 0.114. The van der Waals surface area contributed by atoms with E-state index in [-0.39, 0.29) is 19.1 Å². The molecule has 0 N–H and O–H groups in total. The monoisotopic (exact) mass is 397 g/mol. The Balaban J connectivity index is 1.56. The third-order valence-electron chi connectivity index (χ3n) is 5.47. The van der Waals surface area contributed by atoms with E-state index in [1.54, 1.807) is 12.1 Å². The summed E-state index contributed by atoms with van der Waals surface area (Å²) in [5, 5.41) is 0.667. The van der Waals surface area contributed by atoms with E-state index in [2.05, 4.69) is 0 Å². The Morgan fingerprint density at radius 1 is 1.18 bits per heavy atom. The van der Waals surface area contributed by atoms with Crippen LogP contribution >= 0.6 is 11.6 Å². The van der Waals surface area contributed by atoms with Gasteiger partial charge >= 0.3 is 0 Å². The van der Waals surface area contributed by atoms with Crippen LogP contribution in [0.4, 0.5) is 0 Å². The van der Waals surface area contributed by atoms with Crippen molar-refractivity contribution in [3.8, 4) is 5.75 Å². The molecule has 6 heteroatoms. The first kappa shape index (κ1) is 18.8. The molecule has 1 heterocycles. The highest BCUT2D eigenvalue weighted by atomic mass is 35.5. The minimum Gasteiger partial charge on any atom is -0.486 e. The number of fused-ring (bicyclic) bond motifs is 1. The summed E-state index contributed by atoms with van der Waals surface area (Å²) in [5.41, 5.74) is 1.82. The predicted octanol–water partition coefficient (Wildman–Crippen LogP) is 4.67. The van der Waals surface area contributed by atoms with Gasteiger partial charge in [0.15, 0.2) is 0 Å². The van der Waals surface area contributed by atoms with E-state index < -0.39 is 0 Å². The van der Waals surface area contributed by atoms with Crippen LogP contribution in [0.3, 0.4) is 0 Å². The van der Waals surface area contributed by atoms with Crippen molar-refractivity contribution in [3.05, 3.63) is 59.4 Å². The maximum absolute atomic E-state index is 12.9. The molecule has 5 nitrogen and oxygen atoms in total. The number of rotatable bonds is 6. The summed E-state index contributed by atoms with van der Waals surface area (Å²) >= 11 is 5.93. The van der Waals surface area contributed by atoms with E-state index in [1.165, 1.54) is 12.8 Å². The second-order valence-electron chi connectivity index (χ2n) is 7.29. The minimum absolute atomic E-state index is 0.114. The molecule has 28 heavy (non-hydrogen) atoms. The van der Waals surface area contributed by atoms with Gasteiger partial charge in [-0.15, -0.1) is 0 Å². The molecule has 1 saturated carbocycles. The number of imidazole rings is 1. The lowest BCUT2D eigenvalue weighted by molar-refractivity contribution is -0.132. The molecule has 0 bridgehead atoms. The highest BCUT2D eigenvalue weighted by Crippen LogP contribution is 2.24. The van der Waals surface area contributed by atoms with Crippen LogP contribution in [0.25, 0.3) is 11.0 Å². The Morgan fingerprint density at radius 3 is 2.64 bits per heavy atom. The van der Waals surface area contributed by atoms with Crippen LogP contribution in [0.2, 0.25) is 5.02 Å². The van der Waals surface area contributed by atoms with Crippen LogP contribution in [-0.2, 0) is 17.9 Å². The zero-order valence-corrected chi connectivity index (χ0v) is 16.7. The fourth-order valence-electron chi connectivity index (χ4n) is 3.83. The van der Waals surface area contributed by atoms with Gasteiger partial charge in [-0.2, -0.15) is 0 Å². The zero-order valence-electron chi connectivity index (χ0n) is 16.0. The predicted molar refractivity (Wildman–Crippen MR) is 111 cm³/mol. The van der Waals surface area contributed by atoms with Crippen molar-refractivity contribution < 1.29 is 9.53 Å². The lowest BCUT2D eigenvalue weighted by Gasteiger charge is -2.25. The SMILES string of the molecule is CN(C(=O)Cn1c(COc2ccc(Cl)cc2)nc2ccccc21)C1CCCC1. The summed E-state index contributed by atoms with van der Waals surface area (Å²) in [6.45, 7) is 0.559. The largest absolute Gasteiger partial charge is 0.486 e. The van der Waals surface area contributed by atoms with Crippen molar-refractivity contribution in [1.29, 1.82) is 0 Å². The lowest BCUT2D eigenvalue weighted by Crippen LogP contribution is -2.37. The second-order valence-corrected chi connectivity index (χ2v) is 7.72. The Bertz CT molecular complexity index is 962. The maximum Gasteiger partial charge on any atom is 0.242 e. The molecule has 0 aliphatic heterocycles. The number of aromatic nitrogens is 2. The standard InChI is InChI=1S/C22H24ClN3O2/c1-25(17-6-2-3-7-17)22(27)14-26-20-9-5-4-8-19(20)24-21(26)15-28-18-12-10-16(23)11-13-18/h4-5,8-13,17H,2-3,6-7,14-15H2,1H3. The van der Waals surface area contributed by atoms with Crippen LogP contribution < -0.4 is 4.74 Å². The van der Waals surface area contributed by atoms with Crippen LogP contribution in [0.5, 0.6) is 5.75 Å². The summed E-state index contributed by atoms with van der Waals surface area (Å²) in [6, 6.07) is 15.5. The van der Waals surface area contributed by atoms with Gasteiger partial charge in [-0.25, -0.2) is 4.98 Å². The van der Waals surface area contributed by atoms with E-state index >= 15 is 0 Å². The van der Waals surface area contributed by atoms with Crippen molar-refractivity contribution in [1.82, 2.24) is 14.5 Å². The van der Waals surface area contributed by atoms with Crippen molar-refractivity contribution in [2.45, 2.75) is 44.9 Å². The number of amides is 1. The van der Waals surface area contributed by atoms with Crippen LogP contribution in [0, 0.1) is 0 Å². The van der Waals surface area contributed by atoms with E-state index in [0.717, 1.165) is 35.4 Å². The van der Waals surface area contributed by atoms with Crippen molar-refractivity contribution in [2.24, 2.45) is 0 Å². The number of ether oxygens (including phenoxy) is 1. The van der Waals surface area contributed by atoms with Gasteiger partial charge in [0.2, 0.25) is 5.91 Å². The van der Waals surface area contributed by atoms with Gasteiger partial charge < -0.3 is 14.2 Å². The number of carbonyl (C=O) groups excluding carboxylic acids is 1. The third-order valence-corrected chi connectivity index (χ3v) is 5.73. The first-order valence-electron chi connectivity index (χ1n) is 9.70. The van der Waals surface area contributed by atoms with Crippen LogP contribution in [-0.4, -0.2) is 33.4 Å². The van der Waals surface area contributed by atoms with Gasteiger partial charge in [0.25, 0.3) is 0 Å². The molecule has 1 aliphatic carbocycles. The fraction of sp³-hybridized carbons (Fsp3) is 0.364. The van der Waals surface area contributed by atoms with E-state index in [9.17, 15) is 4.79 Å². The summed E-state index contributed by atoms with van der Waals surface area (Å²) < 4.78 is 7.86. The van der Waals surface area contributed by atoms with E-state index in [4.69, 9.17) is 21.3 Å². The molecule has 1 amide bonds. The second kappa shape index (κ2) is 8.23. The van der Waals surface area contributed by atoms with Crippen LogP contribution in [0.1, 0.15) is 31.5 Å². The van der Waals surface area contributed by atoms with Crippen molar-refractivity contribution >= 4 is 28.5 Å². The molecule has 0 spiro atoms. The zero-order chi connectivity index (χ0) is 19.5. The summed E-state index contributed by atoms with van der Waals surface area (Å²) in [6.07, 6.45) is 4.60. The molecule has 4 rings (SSSR count). The molecule has 0 radical (unpaired) electrons. The molecule has 146 valence electrons. The quantitative estimate of drug-likeness (QED) is 0.607. The van der Waals surface area contributed by atoms with Gasteiger partial charge in [0, 0.05) is 18.1 Å². The van der Waals surface area contributed by atoms with Crippen molar-refractivity contribution in [2.75, 3.05) is 7.05 Å². The molecule has 0 atom stereocenters. The Morgan fingerprint density at radius 2 is 1.89 bits per heavy atom. The fourth-order valence-corrected chi connectivity index (χ4v) is 3.96. The molecule has 1 fully saturated rings. The summed E-state index contributed by atoms with van der Waals surface area (Å²) in [5.74, 6) is 1.57. The van der Waals surface area contributed by atoms with E-state index in [1.807, 2.05) is 52.9 Å². The number of nitrogens with zero attached hydrogens (tertiary/aromatic N) is 3. The Hall–Kier alpha value is -2.53. The number of likely N-dealkylation sites (N-methyl/N-ethyl adjacent to an activating group) is 1. The molecule has 1 aromatic heterocycles. The first-order valence-corrected chi connectivity index (χ1v) is 10.1. The molecule has 0 saturated heterocycles. The number of halogens is 1. The number of para-hydroxylation sites is 2. The van der Waals surface area contributed by atoms with Gasteiger partial charge in [0.05, 0.1) is 11.0 Å². The molecule has 1 aliphatic rings. The first-order chi connectivity index (χ1) is 13.6. The van der Waals surface area contributed by atoms with E-state index in [0.29, 0.717) is 11.1 Å². The molecular weight excluding hydrogens is 374 g/mol. The maximum atomic E-state index is 12.9. The smallest absolute Gasteiger partial charge is 0.242 e. The normalized spacial score (nSPS) is 14.5. The summed E-state index contributed by atoms with van der Waals surface area (Å²) in [4.78, 5) is 19.5. The number of carbonyl (C=O) groups is 1. The van der Waals surface area contributed by atoms with Gasteiger partial charge in [-0.1, -0.05) is 36.6 Å². The number of hydrogen-bond acceptors (Lipinski definition) is 3. The molecule has 3 aromatic rings. The highest BCUT2D eigenvalue weighted by molar-refractivity contribution is 6.30. The topological polar surface area (TPSA) is 47.4 Å².